The standard InChI is InChI=1S/C17H28N2O/c1-3-16-8-11-19(10-5-9-18-16)12-13-20-17-7-4-6-15(2)14-17/h4,6-7,14,16,18H,3,5,8-13H2,1-2H3. The molecule has 2 rings (SSSR count). The second-order valence-corrected chi connectivity index (χ2v) is 5.71. The Balaban J connectivity index is 1.72. The molecule has 0 bridgehead atoms. The van der Waals surface area contributed by atoms with Crippen LogP contribution in [0.4, 0.5) is 0 Å². The monoisotopic (exact) mass is 276 g/mol. The number of hydrogen-bond donors (Lipinski definition) is 1. The lowest BCUT2D eigenvalue weighted by Gasteiger charge is -2.28. The largest absolute Gasteiger partial charge is 0.492 e. The predicted molar refractivity (Wildman–Crippen MR) is 84.4 cm³/mol. The number of nitrogens with one attached hydrogen (secondary N) is 1. The Morgan fingerprint density at radius 1 is 1.35 bits per heavy atom. The van der Waals surface area contributed by atoms with E-state index in [1.807, 2.05) is 6.07 Å². The minimum Gasteiger partial charge on any atom is -0.492 e. The molecular weight excluding hydrogens is 248 g/mol. The van der Waals surface area contributed by atoms with Crippen molar-refractivity contribution in [2.45, 2.75) is 39.2 Å². The van der Waals surface area contributed by atoms with Crippen LogP contribution in [0.15, 0.2) is 24.3 Å². The molecule has 0 aromatic heterocycles. The molecule has 0 amide bonds. The molecule has 1 heterocycles. The molecule has 1 aromatic carbocycles. The van der Waals surface area contributed by atoms with Gasteiger partial charge in [-0.2, -0.15) is 0 Å². The summed E-state index contributed by atoms with van der Waals surface area (Å²) in [7, 11) is 0. The van der Waals surface area contributed by atoms with Gasteiger partial charge in [0.05, 0.1) is 0 Å². The van der Waals surface area contributed by atoms with E-state index in [2.05, 4.69) is 42.3 Å². The van der Waals surface area contributed by atoms with Gasteiger partial charge in [0.2, 0.25) is 0 Å². The van der Waals surface area contributed by atoms with E-state index in [1.165, 1.54) is 37.9 Å². The Morgan fingerprint density at radius 2 is 2.25 bits per heavy atom. The summed E-state index contributed by atoms with van der Waals surface area (Å²) in [6.45, 7) is 9.70. The van der Waals surface area contributed by atoms with Crippen LogP contribution in [0.1, 0.15) is 31.7 Å². The summed E-state index contributed by atoms with van der Waals surface area (Å²) < 4.78 is 5.86. The summed E-state index contributed by atoms with van der Waals surface area (Å²) in [6.07, 6.45) is 3.72. The van der Waals surface area contributed by atoms with Crippen molar-refractivity contribution in [2.75, 3.05) is 32.8 Å². The van der Waals surface area contributed by atoms with E-state index < -0.39 is 0 Å². The molecule has 1 atom stereocenters. The van der Waals surface area contributed by atoms with Crippen molar-refractivity contribution in [3.63, 3.8) is 0 Å². The van der Waals surface area contributed by atoms with Gasteiger partial charge in [-0.15, -0.1) is 0 Å². The smallest absolute Gasteiger partial charge is 0.119 e. The van der Waals surface area contributed by atoms with Gasteiger partial charge in [0.25, 0.3) is 0 Å². The van der Waals surface area contributed by atoms with Crippen molar-refractivity contribution in [1.82, 2.24) is 10.2 Å². The van der Waals surface area contributed by atoms with Gasteiger partial charge in [-0.25, -0.2) is 0 Å². The highest BCUT2D eigenvalue weighted by Crippen LogP contribution is 2.12. The van der Waals surface area contributed by atoms with Crippen LogP contribution in [-0.4, -0.2) is 43.7 Å². The first-order valence-electron chi connectivity index (χ1n) is 7.93. The Bertz CT molecular complexity index is 394. The van der Waals surface area contributed by atoms with E-state index in [1.54, 1.807) is 0 Å². The summed E-state index contributed by atoms with van der Waals surface area (Å²) in [5, 5.41) is 3.62. The van der Waals surface area contributed by atoms with Gasteiger partial charge >= 0.3 is 0 Å². The summed E-state index contributed by atoms with van der Waals surface area (Å²) in [4.78, 5) is 2.54. The molecular formula is C17H28N2O. The van der Waals surface area contributed by atoms with Crippen molar-refractivity contribution < 1.29 is 4.74 Å². The molecule has 3 heteroatoms. The third kappa shape index (κ3) is 5.14. The fourth-order valence-corrected chi connectivity index (χ4v) is 2.73. The number of benzene rings is 1. The maximum absolute atomic E-state index is 5.86. The third-order valence-corrected chi connectivity index (χ3v) is 4.04. The number of nitrogens with zero attached hydrogens (tertiary/aromatic N) is 1. The molecule has 1 aromatic rings. The molecule has 0 spiro atoms. The van der Waals surface area contributed by atoms with Crippen LogP contribution in [0.2, 0.25) is 0 Å². The zero-order chi connectivity index (χ0) is 14.2. The summed E-state index contributed by atoms with van der Waals surface area (Å²) in [6, 6.07) is 8.99. The maximum Gasteiger partial charge on any atom is 0.119 e. The normalized spacial score (nSPS) is 21.2. The molecule has 1 aliphatic rings. The van der Waals surface area contributed by atoms with Gasteiger partial charge in [0.1, 0.15) is 12.4 Å². The van der Waals surface area contributed by atoms with Gasteiger partial charge in [-0.1, -0.05) is 19.1 Å². The molecule has 1 saturated heterocycles. The van der Waals surface area contributed by atoms with E-state index in [4.69, 9.17) is 4.74 Å². The minimum absolute atomic E-state index is 0.690. The topological polar surface area (TPSA) is 24.5 Å². The average molecular weight is 276 g/mol. The lowest BCUT2D eigenvalue weighted by atomic mass is 10.1. The predicted octanol–water partition coefficient (Wildman–Crippen LogP) is 2.84. The number of ether oxygens (including phenoxy) is 1. The lowest BCUT2D eigenvalue weighted by molar-refractivity contribution is 0.188. The zero-order valence-electron chi connectivity index (χ0n) is 12.9. The first-order valence-corrected chi connectivity index (χ1v) is 7.93. The van der Waals surface area contributed by atoms with E-state index in [0.717, 1.165) is 25.4 Å². The Morgan fingerprint density at radius 3 is 3.05 bits per heavy atom. The van der Waals surface area contributed by atoms with Crippen LogP contribution >= 0.6 is 0 Å². The highest BCUT2D eigenvalue weighted by molar-refractivity contribution is 5.27. The lowest BCUT2D eigenvalue weighted by Crippen LogP contribution is -2.40. The van der Waals surface area contributed by atoms with E-state index in [0.29, 0.717) is 6.04 Å². The quantitative estimate of drug-likeness (QED) is 0.895. The van der Waals surface area contributed by atoms with Gasteiger partial charge in [0.15, 0.2) is 0 Å². The summed E-state index contributed by atoms with van der Waals surface area (Å²) in [5.74, 6) is 0.991. The fraction of sp³-hybridized carbons (Fsp3) is 0.647. The SMILES string of the molecule is CCC1CCN(CCOc2cccc(C)c2)CCCN1. The van der Waals surface area contributed by atoms with Gasteiger partial charge in [-0.05, 0) is 63.5 Å². The molecule has 1 fully saturated rings. The second kappa shape index (κ2) is 8.28. The molecule has 1 N–H and O–H groups in total. The van der Waals surface area contributed by atoms with Gasteiger partial charge < -0.3 is 10.1 Å². The molecule has 112 valence electrons. The molecule has 0 aliphatic carbocycles. The molecule has 20 heavy (non-hydrogen) atoms. The molecule has 0 saturated carbocycles. The molecule has 1 aliphatic heterocycles. The van der Waals surface area contributed by atoms with Gasteiger partial charge in [0, 0.05) is 12.6 Å². The van der Waals surface area contributed by atoms with Crippen LogP contribution in [0, 0.1) is 6.92 Å². The number of aryl methyl sites for hydroxylation is 1. The molecule has 0 radical (unpaired) electrons. The highest BCUT2D eigenvalue weighted by atomic mass is 16.5. The van der Waals surface area contributed by atoms with Crippen LogP contribution in [-0.2, 0) is 0 Å². The van der Waals surface area contributed by atoms with E-state index in [-0.39, 0.29) is 0 Å². The Kier molecular flexibility index (Phi) is 6.34. The second-order valence-electron chi connectivity index (χ2n) is 5.71. The first kappa shape index (κ1) is 15.3. The van der Waals surface area contributed by atoms with Crippen molar-refractivity contribution in [3.05, 3.63) is 29.8 Å². The maximum atomic E-state index is 5.86. The Hall–Kier alpha value is -1.06. The summed E-state index contributed by atoms with van der Waals surface area (Å²) >= 11 is 0. The van der Waals surface area contributed by atoms with E-state index in [9.17, 15) is 0 Å². The first-order chi connectivity index (χ1) is 9.78. The third-order valence-electron chi connectivity index (χ3n) is 4.04. The zero-order valence-corrected chi connectivity index (χ0v) is 12.9. The van der Waals surface area contributed by atoms with Crippen LogP contribution < -0.4 is 10.1 Å². The fourth-order valence-electron chi connectivity index (χ4n) is 2.73. The minimum atomic E-state index is 0.690. The Labute approximate surface area is 123 Å². The molecule has 3 nitrogen and oxygen atoms in total. The van der Waals surface area contributed by atoms with Crippen molar-refractivity contribution >= 4 is 0 Å². The van der Waals surface area contributed by atoms with Crippen molar-refractivity contribution in [2.24, 2.45) is 0 Å². The van der Waals surface area contributed by atoms with Crippen LogP contribution in [0.5, 0.6) is 5.75 Å². The summed E-state index contributed by atoms with van der Waals surface area (Å²) in [5.41, 5.74) is 1.26. The molecule has 1 unspecified atom stereocenters. The number of hydrogen-bond acceptors (Lipinski definition) is 3. The number of rotatable bonds is 5. The van der Waals surface area contributed by atoms with Crippen LogP contribution in [0.3, 0.4) is 0 Å². The average Bonchev–Trinajstić information content (AvgIpc) is 2.42. The van der Waals surface area contributed by atoms with Gasteiger partial charge in [-0.3, -0.25) is 4.90 Å². The van der Waals surface area contributed by atoms with Crippen LogP contribution in [0.25, 0.3) is 0 Å². The van der Waals surface area contributed by atoms with E-state index >= 15 is 0 Å². The van der Waals surface area contributed by atoms with Crippen molar-refractivity contribution in [3.8, 4) is 5.75 Å². The highest BCUT2D eigenvalue weighted by Gasteiger charge is 2.13. The van der Waals surface area contributed by atoms with Crippen molar-refractivity contribution in [1.29, 1.82) is 0 Å².